The molecule has 1 heterocycles. The minimum absolute atomic E-state index is 0.244. The van der Waals surface area contributed by atoms with Crippen molar-refractivity contribution < 1.29 is 17.9 Å². The van der Waals surface area contributed by atoms with Crippen LogP contribution in [0.15, 0.2) is 24.3 Å². The summed E-state index contributed by atoms with van der Waals surface area (Å²) in [5.41, 5.74) is 4.62. The van der Waals surface area contributed by atoms with E-state index in [4.69, 9.17) is 10.5 Å². The maximum absolute atomic E-state index is 12.3. The second-order valence-electron chi connectivity index (χ2n) is 3.29. The molecule has 0 unspecified atom stereocenters. The zero-order valence-electron chi connectivity index (χ0n) is 8.94. The van der Waals surface area contributed by atoms with Gasteiger partial charge >= 0.3 is 6.18 Å². The van der Waals surface area contributed by atoms with Crippen LogP contribution < -0.4 is 10.5 Å². The molecule has 2 aromatic rings. The molecule has 1 aromatic heterocycles. The number of aromatic nitrogens is 2. The van der Waals surface area contributed by atoms with E-state index in [-0.39, 0.29) is 17.5 Å². The van der Waals surface area contributed by atoms with E-state index in [2.05, 4.69) is 10.2 Å². The van der Waals surface area contributed by atoms with Crippen LogP contribution in [0.4, 0.5) is 13.2 Å². The van der Waals surface area contributed by atoms with E-state index in [0.717, 1.165) is 23.5 Å². The lowest BCUT2D eigenvalue weighted by Gasteiger charge is -2.07. The van der Waals surface area contributed by atoms with Gasteiger partial charge in [0.15, 0.2) is 0 Å². The van der Waals surface area contributed by atoms with Gasteiger partial charge in [-0.25, -0.2) is 0 Å². The maximum Gasteiger partial charge on any atom is 0.416 e. The number of hydrogen-bond acceptors (Lipinski definition) is 5. The van der Waals surface area contributed by atoms with Gasteiger partial charge in [0.2, 0.25) is 0 Å². The molecule has 2 N–H and O–H groups in total. The fourth-order valence-electron chi connectivity index (χ4n) is 1.17. The first-order valence-electron chi connectivity index (χ1n) is 4.86. The largest absolute Gasteiger partial charge is 0.430 e. The monoisotopic (exact) mass is 275 g/mol. The highest BCUT2D eigenvalue weighted by Crippen LogP contribution is 2.31. The van der Waals surface area contributed by atoms with Gasteiger partial charge in [-0.3, -0.25) is 0 Å². The number of rotatable bonds is 3. The van der Waals surface area contributed by atoms with E-state index in [1.54, 1.807) is 0 Å². The predicted molar refractivity (Wildman–Crippen MR) is 59.3 cm³/mol. The Morgan fingerprint density at radius 1 is 1.17 bits per heavy atom. The second-order valence-corrected chi connectivity index (χ2v) is 4.31. The van der Waals surface area contributed by atoms with E-state index in [1.165, 1.54) is 12.1 Å². The first-order chi connectivity index (χ1) is 8.49. The quantitative estimate of drug-likeness (QED) is 0.935. The predicted octanol–water partition coefficient (Wildman–Crippen LogP) is 2.81. The summed E-state index contributed by atoms with van der Waals surface area (Å²) < 4.78 is 42.2. The molecule has 0 aliphatic carbocycles. The Bertz CT molecular complexity index is 524. The van der Waals surface area contributed by atoms with Crippen LogP contribution in [0.1, 0.15) is 10.6 Å². The van der Waals surface area contributed by atoms with Crippen LogP contribution in [0.5, 0.6) is 10.9 Å². The standard InChI is InChI=1S/C10H8F3N3OS/c11-10(12,13)6-1-3-7(4-2-6)17-9-16-15-8(5-14)18-9/h1-4H,5,14H2. The van der Waals surface area contributed by atoms with E-state index < -0.39 is 11.7 Å². The molecule has 1 aromatic carbocycles. The van der Waals surface area contributed by atoms with Crippen LogP contribution in [-0.4, -0.2) is 10.2 Å². The summed E-state index contributed by atoms with van der Waals surface area (Å²) in [6.07, 6.45) is -4.35. The molecule has 4 nitrogen and oxygen atoms in total. The molecule has 0 bridgehead atoms. The molecule has 8 heteroatoms. The molecule has 0 saturated carbocycles. The van der Waals surface area contributed by atoms with Gasteiger partial charge in [-0.1, -0.05) is 16.4 Å². The van der Waals surface area contributed by atoms with Gasteiger partial charge in [0.1, 0.15) is 10.8 Å². The number of benzene rings is 1. The Morgan fingerprint density at radius 2 is 1.83 bits per heavy atom. The van der Waals surface area contributed by atoms with Crippen molar-refractivity contribution in [1.29, 1.82) is 0 Å². The number of ether oxygens (including phenoxy) is 1. The Balaban J connectivity index is 2.11. The third kappa shape index (κ3) is 2.96. The van der Waals surface area contributed by atoms with Crippen LogP contribution in [0, 0.1) is 0 Å². The zero-order valence-corrected chi connectivity index (χ0v) is 9.76. The SMILES string of the molecule is NCc1nnc(Oc2ccc(C(F)(F)F)cc2)s1. The fourth-order valence-corrected chi connectivity index (χ4v) is 1.76. The number of nitrogens with zero attached hydrogens (tertiary/aromatic N) is 2. The Morgan fingerprint density at radius 3 is 2.33 bits per heavy atom. The summed E-state index contributed by atoms with van der Waals surface area (Å²) in [4.78, 5) is 0. The Hall–Kier alpha value is -1.67. The van der Waals surface area contributed by atoms with E-state index in [9.17, 15) is 13.2 Å². The summed E-state index contributed by atoms with van der Waals surface area (Å²) >= 11 is 1.15. The van der Waals surface area contributed by atoms with Gasteiger partial charge < -0.3 is 10.5 Å². The van der Waals surface area contributed by atoms with Crippen molar-refractivity contribution in [2.24, 2.45) is 5.73 Å². The molecule has 0 aliphatic heterocycles. The minimum Gasteiger partial charge on any atom is -0.430 e. The van der Waals surface area contributed by atoms with Crippen molar-refractivity contribution in [1.82, 2.24) is 10.2 Å². The van der Waals surface area contributed by atoms with Gasteiger partial charge in [-0.2, -0.15) is 13.2 Å². The molecule has 0 atom stereocenters. The lowest BCUT2D eigenvalue weighted by atomic mass is 10.2. The Labute approximate surface area is 104 Å². The summed E-state index contributed by atoms with van der Waals surface area (Å²) in [7, 11) is 0. The van der Waals surface area contributed by atoms with Crippen molar-refractivity contribution in [3.05, 3.63) is 34.8 Å². The molecule has 0 fully saturated rings. The number of alkyl halides is 3. The van der Waals surface area contributed by atoms with E-state index >= 15 is 0 Å². The van der Waals surface area contributed by atoms with Crippen LogP contribution in [0.25, 0.3) is 0 Å². The normalized spacial score (nSPS) is 11.6. The molecule has 18 heavy (non-hydrogen) atoms. The third-order valence-corrected chi connectivity index (χ3v) is 2.83. The maximum atomic E-state index is 12.3. The van der Waals surface area contributed by atoms with Gasteiger partial charge in [-0.05, 0) is 24.3 Å². The van der Waals surface area contributed by atoms with Crippen molar-refractivity contribution in [2.75, 3.05) is 0 Å². The number of hydrogen-bond donors (Lipinski definition) is 1. The lowest BCUT2D eigenvalue weighted by molar-refractivity contribution is -0.137. The van der Waals surface area contributed by atoms with Crippen LogP contribution in [-0.2, 0) is 12.7 Å². The van der Waals surface area contributed by atoms with Crippen molar-refractivity contribution >= 4 is 11.3 Å². The molecule has 2 rings (SSSR count). The van der Waals surface area contributed by atoms with Crippen molar-refractivity contribution in [3.8, 4) is 10.9 Å². The topological polar surface area (TPSA) is 61.0 Å². The molecular formula is C10H8F3N3OS. The van der Waals surface area contributed by atoms with Crippen LogP contribution >= 0.6 is 11.3 Å². The van der Waals surface area contributed by atoms with Gasteiger partial charge in [0.05, 0.1) is 5.56 Å². The van der Waals surface area contributed by atoms with E-state index in [0.29, 0.717) is 5.01 Å². The van der Waals surface area contributed by atoms with Crippen molar-refractivity contribution in [3.63, 3.8) is 0 Å². The third-order valence-electron chi connectivity index (χ3n) is 2.01. The lowest BCUT2D eigenvalue weighted by Crippen LogP contribution is -2.03. The molecule has 0 aliphatic rings. The molecular weight excluding hydrogens is 267 g/mol. The zero-order chi connectivity index (χ0) is 13.2. The van der Waals surface area contributed by atoms with E-state index in [1.807, 2.05) is 0 Å². The highest BCUT2D eigenvalue weighted by Gasteiger charge is 2.30. The molecule has 96 valence electrons. The van der Waals surface area contributed by atoms with Crippen LogP contribution in [0.2, 0.25) is 0 Å². The number of nitrogens with two attached hydrogens (primary N) is 1. The average molecular weight is 275 g/mol. The minimum atomic E-state index is -4.35. The average Bonchev–Trinajstić information content (AvgIpc) is 2.76. The highest BCUT2D eigenvalue weighted by molar-refractivity contribution is 7.13. The first kappa shape index (κ1) is 12.8. The van der Waals surface area contributed by atoms with Crippen LogP contribution in [0.3, 0.4) is 0 Å². The molecule has 0 saturated heterocycles. The highest BCUT2D eigenvalue weighted by atomic mass is 32.1. The second kappa shape index (κ2) is 4.91. The van der Waals surface area contributed by atoms with Gasteiger partial charge in [0, 0.05) is 6.54 Å². The Kier molecular flexibility index (Phi) is 3.48. The van der Waals surface area contributed by atoms with Gasteiger partial charge in [0.25, 0.3) is 5.19 Å². The van der Waals surface area contributed by atoms with Gasteiger partial charge in [-0.15, -0.1) is 5.10 Å². The smallest absolute Gasteiger partial charge is 0.416 e. The summed E-state index contributed by atoms with van der Waals surface area (Å²) in [5.74, 6) is 0.266. The molecule has 0 amide bonds. The molecule has 0 spiro atoms. The van der Waals surface area contributed by atoms with Crippen molar-refractivity contribution in [2.45, 2.75) is 12.7 Å². The summed E-state index contributed by atoms with van der Waals surface area (Å²) in [6.45, 7) is 0.244. The molecule has 0 radical (unpaired) electrons. The summed E-state index contributed by atoms with van der Waals surface area (Å²) in [6, 6.07) is 4.35. The fraction of sp³-hybridized carbons (Fsp3) is 0.200. The number of halogens is 3. The first-order valence-corrected chi connectivity index (χ1v) is 5.68. The summed E-state index contributed by atoms with van der Waals surface area (Å²) in [5, 5.41) is 8.26.